The summed E-state index contributed by atoms with van der Waals surface area (Å²) in [6.45, 7) is 4.81. The Morgan fingerprint density at radius 3 is 2.57 bits per heavy atom. The second-order valence-corrected chi connectivity index (χ2v) is 13.1. The van der Waals surface area contributed by atoms with Crippen LogP contribution in [0, 0.1) is 0 Å². The van der Waals surface area contributed by atoms with Crippen LogP contribution in [0.4, 0.5) is 10.5 Å². The van der Waals surface area contributed by atoms with Gasteiger partial charge in [-0.1, -0.05) is 72.4 Å². The molecule has 4 aromatic rings. The lowest BCUT2D eigenvalue weighted by Crippen LogP contribution is -2.42. The summed E-state index contributed by atoms with van der Waals surface area (Å²) in [5, 5.41) is 16.3. The molecule has 1 aromatic heterocycles. The highest BCUT2D eigenvalue weighted by Crippen LogP contribution is 2.29. The number of unbranched alkanes of at least 4 members (excludes halogenated alkanes) is 2. The Bertz CT molecular complexity index is 1670. The van der Waals surface area contributed by atoms with Crippen LogP contribution < -0.4 is 15.5 Å². The molecule has 0 spiro atoms. The molecule has 0 unspecified atom stereocenters. The third-order valence-corrected chi connectivity index (χ3v) is 9.65. The Morgan fingerprint density at radius 2 is 1.77 bits per heavy atom. The van der Waals surface area contributed by atoms with Gasteiger partial charge in [0.05, 0.1) is 10.4 Å². The van der Waals surface area contributed by atoms with Crippen molar-refractivity contribution in [2.75, 3.05) is 51.6 Å². The molecule has 1 aliphatic heterocycles. The van der Waals surface area contributed by atoms with Crippen LogP contribution in [0.1, 0.15) is 44.1 Å². The summed E-state index contributed by atoms with van der Waals surface area (Å²) in [6, 6.07) is 21.2. The van der Waals surface area contributed by atoms with Crippen LogP contribution in [0.3, 0.4) is 0 Å². The summed E-state index contributed by atoms with van der Waals surface area (Å²) < 4.78 is 6.58. The molecule has 5 rings (SSSR count). The number of amides is 2. The number of carbonyl (C=O) groups excluding carboxylic acids is 2. The molecule has 1 fully saturated rings. The van der Waals surface area contributed by atoms with Crippen molar-refractivity contribution in [2.45, 2.75) is 51.0 Å². The minimum Gasteiger partial charge on any atom is -0.506 e. The number of benzene rings is 3. The number of likely N-dealkylation sites (tertiary alicyclic amines) is 1. The molecule has 1 saturated heterocycles. The van der Waals surface area contributed by atoms with E-state index in [9.17, 15) is 19.5 Å². The maximum atomic E-state index is 12.7. The van der Waals surface area contributed by atoms with E-state index in [0.29, 0.717) is 18.5 Å². The number of fused-ring (bicyclic) bond motifs is 1. The van der Waals surface area contributed by atoms with Crippen LogP contribution in [0.2, 0.25) is 0 Å². The van der Waals surface area contributed by atoms with Crippen molar-refractivity contribution in [2.24, 2.45) is 0 Å². The van der Waals surface area contributed by atoms with Gasteiger partial charge in [-0.15, -0.1) is 0 Å². The van der Waals surface area contributed by atoms with E-state index in [1.807, 2.05) is 72.6 Å². The number of thiazole rings is 1. The standard InChI is InChI=1S/C36H45N5O5S/c1-40(32(43)14-6-3-9-20-37-21-17-27-15-16-31(42)33-34(27)47-36(45)39-33)24-25-41-22-18-28(19-23-41)46-35(44)38-30-13-8-7-12-29(30)26-10-4-2-5-11-26/h2,4-5,7-8,10-13,15-16,28,37,42H,3,6,9,14,17-25H2,1H3,(H,38,44)(H,39,45). The number of para-hydroxylation sites is 1. The minimum absolute atomic E-state index is 0.102. The molecular formula is C36H45N5O5S. The number of phenols is 1. The van der Waals surface area contributed by atoms with Gasteiger partial charge in [0, 0.05) is 45.2 Å². The molecule has 3 aromatic carbocycles. The molecule has 0 saturated carbocycles. The van der Waals surface area contributed by atoms with Gasteiger partial charge < -0.3 is 29.9 Å². The summed E-state index contributed by atoms with van der Waals surface area (Å²) in [5.74, 6) is 0.274. The van der Waals surface area contributed by atoms with E-state index in [1.165, 1.54) is 0 Å². The fourth-order valence-electron chi connectivity index (χ4n) is 5.93. The van der Waals surface area contributed by atoms with Crippen molar-refractivity contribution < 1.29 is 19.4 Å². The van der Waals surface area contributed by atoms with Gasteiger partial charge in [0.25, 0.3) is 0 Å². The third-order valence-electron chi connectivity index (χ3n) is 8.69. The lowest BCUT2D eigenvalue weighted by atomic mass is 10.0. The lowest BCUT2D eigenvalue weighted by Gasteiger charge is -2.32. The number of rotatable bonds is 15. The van der Waals surface area contributed by atoms with Gasteiger partial charge >= 0.3 is 11.0 Å². The number of aromatic nitrogens is 1. The van der Waals surface area contributed by atoms with Crippen molar-refractivity contribution in [3.05, 3.63) is 82.0 Å². The van der Waals surface area contributed by atoms with Crippen LogP contribution >= 0.6 is 11.3 Å². The van der Waals surface area contributed by atoms with E-state index < -0.39 is 6.09 Å². The number of carbonyl (C=O) groups is 2. The molecule has 2 amide bonds. The largest absolute Gasteiger partial charge is 0.506 e. The van der Waals surface area contributed by atoms with Crippen LogP contribution in [0.15, 0.2) is 71.5 Å². The number of ether oxygens (including phenoxy) is 1. The summed E-state index contributed by atoms with van der Waals surface area (Å²) in [7, 11) is 1.87. The van der Waals surface area contributed by atoms with Gasteiger partial charge in [0.2, 0.25) is 5.91 Å². The highest BCUT2D eigenvalue weighted by molar-refractivity contribution is 7.16. The number of piperidine rings is 1. The van der Waals surface area contributed by atoms with Gasteiger partial charge in [-0.05, 0) is 68.5 Å². The van der Waals surface area contributed by atoms with E-state index in [0.717, 1.165) is 110 Å². The second kappa shape index (κ2) is 17.1. The minimum atomic E-state index is -0.430. The number of H-pyrrole nitrogens is 1. The molecule has 2 heterocycles. The Labute approximate surface area is 279 Å². The van der Waals surface area contributed by atoms with Gasteiger partial charge in [0.1, 0.15) is 17.4 Å². The van der Waals surface area contributed by atoms with Crippen LogP contribution in [-0.2, 0) is 16.0 Å². The summed E-state index contributed by atoms with van der Waals surface area (Å²) in [4.78, 5) is 43.7. The number of aromatic hydroxyl groups is 1. The third kappa shape index (κ3) is 9.90. The van der Waals surface area contributed by atoms with Gasteiger partial charge in [-0.3, -0.25) is 14.9 Å². The Morgan fingerprint density at radius 1 is 1.00 bits per heavy atom. The number of anilines is 1. The molecule has 11 heteroatoms. The number of likely N-dealkylation sites (N-methyl/N-ethyl adjacent to an activating group) is 1. The van der Waals surface area contributed by atoms with Crippen molar-refractivity contribution in [1.82, 2.24) is 20.1 Å². The Kier molecular flexibility index (Phi) is 12.4. The fourth-order valence-corrected chi connectivity index (χ4v) is 6.83. The quantitative estimate of drug-likeness (QED) is 0.118. The number of aromatic amines is 1. The summed E-state index contributed by atoms with van der Waals surface area (Å²) >= 11 is 1.13. The Balaban J connectivity index is 0.906. The maximum Gasteiger partial charge on any atom is 0.411 e. The zero-order valence-electron chi connectivity index (χ0n) is 27.0. The van der Waals surface area contributed by atoms with Crippen LogP contribution in [0.5, 0.6) is 5.75 Å². The predicted octanol–water partition coefficient (Wildman–Crippen LogP) is 5.83. The molecule has 47 heavy (non-hydrogen) atoms. The van der Waals surface area contributed by atoms with E-state index in [2.05, 4.69) is 20.5 Å². The van der Waals surface area contributed by atoms with E-state index in [-0.39, 0.29) is 22.6 Å². The average Bonchev–Trinajstić information content (AvgIpc) is 3.49. The molecule has 4 N–H and O–H groups in total. The van der Waals surface area contributed by atoms with Gasteiger partial charge in [-0.2, -0.15) is 0 Å². The second-order valence-electron chi connectivity index (χ2n) is 12.1. The first-order valence-corrected chi connectivity index (χ1v) is 17.3. The number of hydrogen-bond acceptors (Lipinski definition) is 8. The average molecular weight is 660 g/mol. The zero-order valence-corrected chi connectivity index (χ0v) is 27.8. The first-order valence-electron chi connectivity index (χ1n) is 16.5. The SMILES string of the molecule is CN(CCN1CCC(OC(=O)Nc2ccccc2-c2ccccc2)CC1)C(=O)CCCCCNCCc1ccc(O)c2[nH]c(=O)sc12. The van der Waals surface area contributed by atoms with E-state index in [4.69, 9.17) is 4.74 Å². The predicted molar refractivity (Wildman–Crippen MR) is 188 cm³/mol. The molecule has 0 radical (unpaired) electrons. The Hall–Kier alpha value is -4.19. The fraction of sp³-hybridized carbons (Fsp3) is 0.417. The summed E-state index contributed by atoms with van der Waals surface area (Å²) in [5.41, 5.74) is 4.28. The molecule has 10 nitrogen and oxygen atoms in total. The maximum absolute atomic E-state index is 12.7. The summed E-state index contributed by atoms with van der Waals surface area (Å²) in [6.07, 6.45) is 5.15. The molecule has 0 bridgehead atoms. The number of phenolic OH excluding ortho intramolecular Hbond substituents is 1. The number of nitrogens with zero attached hydrogens (tertiary/aromatic N) is 2. The highest BCUT2D eigenvalue weighted by Gasteiger charge is 2.23. The van der Waals surface area contributed by atoms with Gasteiger partial charge in [-0.25, -0.2) is 4.79 Å². The highest BCUT2D eigenvalue weighted by atomic mass is 32.1. The molecule has 250 valence electrons. The normalized spacial score (nSPS) is 13.9. The molecular weight excluding hydrogens is 614 g/mol. The zero-order chi connectivity index (χ0) is 33.0. The monoisotopic (exact) mass is 659 g/mol. The van der Waals surface area contributed by atoms with Crippen molar-refractivity contribution >= 4 is 39.2 Å². The van der Waals surface area contributed by atoms with Crippen molar-refractivity contribution in [1.29, 1.82) is 0 Å². The smallest absolute Gasteiger partial charge is 0.411 e. The van der Waals surface area contributed by atoms with Crippen LogP contribution in [-0.4, -0.2) is 84.3 Å². The first-order chi connectivity index (χ1) is 22.9. The lowest BCUT2D eigenvalue weighted by molar-refractivity contribution is -0.130. The van der Waals surface area contributed by atoms with Crippen molar-refractivity contribution in [3.8, 4) is 16.9 Å². The van der Waals surface area contributed by atoms with Gasteiger partial charge in [0.15, 0.2) is 0 Å². The number of hydrogen-bond donors (Lipinski definition) is 4. The van der Waals surface area contributed by atoms with Crippen LogP contribution in [0.25, 0.3) is 21.3 Å². The molecule has 1 aliphatic rings. The topological polar surface area (TPSA) is 127 Å². The van der Waals surface area contributed by atoms with E-state index >= 15 is 0 Å². The number of nitrogens with one attached hydrogen (secondary N) is 3. The molecule has 0 atom stereocenters. The molecule has 0 aliphatic carbocycles. The first kappa shape index (κ1) is 34.2. The van der Waals surface area contributed by atoms with Crippen molar-refractivity contribution in [3.63, 3.8) is 0 Å². The van der Waals surface area contributed by atoms with E-state index in [1.54, 1.807) is 6.07 Å².